The van der Waals surface area contributed by atoms with Gasteiger partial charge >= 0.3 is 0 Å². The number of carbonyl (C=O) groups is 1. The smallest absolute Gasteiger partial charge is 0.272 e. The van der Waals surface area contributed by atoms with Crippen molar-refractivity contribution in [2.45, 2.75) is 61.2 Å². The summed E-state index contributed by atoms with van der Waals surface area (Å²) in [7, 11) is 3.41. The van der Waals surface area contributed by atoms with Gasteiger partial charge in [-0.15, -0.1) is 0 Å². The molecule has 7 nitrogen and oxygen atoms in total. The van der Waals surface area contributed by atoms with Crippen molar-refractivity contribution in [3.8, 4) is 0 Å². The first-order chi connectivity index (χ1) is 15.5. The molecule has 2 aromatic heterocycles. The molecule has 1 aliphatic heterocycles. The molecular weight excluding hydrogens is 400 g/mol. The summed E-state index contributed by atoms with van der Waals surface area (Å²) < 4.78 is 1.96. The van der Waals surface area contributed by atoms with Gasteiger partial charge in [0.25, 0.3) is 5.91 Å². The van der Waals surface area contributed by atoms with Gasteiger partial charge in [0.05, 0.1) is 25.0 Å². The largest absolute Gasteiger partial charge is 0.343 e. The predicted molar refractivity (Wildman–Crippen MR) is 135 cm³/mol. The highest BCUT2D eigenvalue weighted by atomic mass is 16.2. The molecule has 0 saturated heterocycles. The fraction of sp³-hybridized carbons (Fsp3) is 0.440. The molecule has 32 heavy (non-hydrogen) atoms. The topological polar surface area (TPSA) is 67.2 Å². The zero-order chi connectivity index (χ0) is 24.7. The Morgan fingerprint density at radius 3 is 2.34 bits per heavy atom. The van der Waals surface area contributed by atoms with Crippen molar-refractivity contribution in [1.82, 2.24) is 24.6 Å². The second-order valence-electron chi connectivity index (χ2n) is 6.25. The molecule has 0 radical (unpaired) electrons. The molecule has 0 N–H and O–H groups in total. The quantitative estimate of drug-likeness (QED) is 0.572. The maximum Gasteiger partial charge on any atom is 0.272 e. The van der Waals surface area contributed by atoms with E-state index in [-0.39, 0.29) is 5.91 Å². The molecule has 0 unspecified atom stereocenters. The third-order valence-corrected chi connectivity index (χ3v) is 4.21. The second kappa shape index (κ2) is 15.6. The van der Waals surface area contributed by atoms with Crippen LogP contribution in [0.3, 0.4) is 0 Å². The monoisotopic (exact) mass is 440 g/mol. The van der Waals surface area contributed by atoms with Crippen LogP contribution >= 0.6 is 0 Å². The molecule has 0 atom stereocenters. The number of allylic oxidation sites excluding steroid dienone is 4. The van der Waals surface area contributed by atoms with E-state index in [1.165, 1.54) is 4.90 Å². The lowest BCUT2D eigenvalue weighted by atomic mass is 10.2. The standard InChI is InChI=1S/C19H22N6O.3C2H6/c1-5-7-14(6-2)11-25-17-13-24(12-15(17)10-21-25)19-20-9-8-16(22-19)18(26)23(3)4;3*1-2/h5-10H,1-2,11-13H2,3-4H3;3*1-2H3/b14-7+;;;. The molecule has 0 aromatic carbocycles. The summed E-state index contributed by atoms with van der Waals surface area (Å²) in [4.78, 5) is 24.4. The van der Waals surface area contributed by atoms with Crippen LogP contribution in [0.1, 0.15) is 63.3 Å². The number of fused-ring (bicyclic) bond motifs is 1. The van der Waals surface area contributed by atoms with E-state index in [9.17, 15) is 4.79 Å². The Bertz CT molecular complexity index is 882. The number of carbonyl (C=O) groups excluding carboxylic acids is 1. The van der Waals surface area contributed by atoms with Crippen molar-refractivity contribution in [3.05, 3.63) is 72.4 Å². The molecule has 1 amide bonds. The van der Waals surface area contributed by atoms with Crippen LogP contribution in [0.15, 0.2) is 55.4 Å². The maximum atomic E-state index is 12.1. The van der Waals surface area contributed by atoms with Crippen LogP contribution in [-0.2, 0) is 19.6 Å². The van der Waals surface area contributed by atoms with Gasteiger partial charge in [0, 0.05) is 32.4 Å². The number of rotatable bonds is 6. The highest BCUT2D eigenvalue weighted by Gasteiger charge is 2.26. The van der Waals surface area contributed by atoms with Crippen LogP contribution in [0.4, 0.5) is 5.95 Å². The van der Waals surface area contributed by atoms with E-state index >= 15 is 0 Å². The van der Waals surface area contributed by atoms with Gasteiger partial charge in [-0.2, -0.15) is 5.10 Å². The summed E-state index contributed by atoms with van der Waals surface area (Å²) in [5.74, 6) is 0.410. The van der Waals surface area contributed by atoms with Gasteiger partial charge in [0.15, 0.2) is 0 Å². The fourth-order valence-corrected chi connectivity index (χ4v) is 2.84. The summed E-state index contributed by atoms with van der Waals surface area (Å²) in [5.41, 5.74) is 3.69. The Morgan fingerprint density at radius 2 is 1.78 bits per heavy atom. The fourth-order valence-electron chi connectivity index (χ4n) is 2.84. The Kier molecular flexibility index (Phi) is 14.0. The third kappa shape index (κ3) is 7.48. The summed E-state index contributed by atoms with van der Waals surface area (Å²) in [5, 5.41) is 4.47. The summed E-state index contributed by atoms with van der Waals surface area (Å²) in [6.45, 7) is 21.5. The number of hydrogen-bond donors (Lipinski definition) is 0. The molecule has 0 bridgehead atoms. The average molecular weight is 441 g/mol. The Hall–Kier alpha value is -3.22. The molecule has 0 aliphatic carbocycles. The van der Waals surface area contributed by atoms with Crippen molar-refractivity contribution in [3.63, 3.8) is 0 Å². The van der Waals surface area contributed by atoms with E-state index in [0.29, 0.717) is 31.3 Å². The number of hydrogen-bond acceptors (Lipinski definition) is 5. The van der Waals surface area contributed by atoms with Crippen molar-refractivity contribution in [1.29, 1.82) is 0 Å². The molecule has 1 aliphatic rings. The van der Waals surface area contributed by atoms with Gasteiger partial charge in [0.2, 0.25) is 5.95 Å². The van der Waals surface area contributed by atoms with E-state index in [4.69, 9.17) is 0 Å². The Balaban J connectivity index is 0.00000148. The molecule has 7 heteroatoms. The van der Waals surface area contributed by atoms with Crippen molar-refractivity contribution >= 4 is 11.9 Å². The van der Waals surface area contributed by atoms with Gasteiger partial charge in [-0.3, -0.25) is 9.48 Å². The number of anilines is 1. The van der Waals surface area contributed by atoms with Gasteiger partial charge in [-0.1, -0.05) is 72.9 Å². The first-order valence-electron chi connectivity index (χ1n) is 11.3. The normalized spacial score (nSPS) is 11.5. The molecule has 176 valence electrons. The van der Waals surface area contributed by atoms with Crippen LogP contribution in [0.25, 0.3) is 0 Å². The van der Waals surface area contributed by atoms with Gasteiger partial charge < -0.3 is 9.80 Å². The lowest BCUT2D eigenvalue weighted by molar-refractivity contribution is 0.0822. The minimum atomic E-state index is -0.137. The zero-order valence-corrected chi connectivity index (χ0v) is 21.1. The molecule has 0 spiro atoms. The van der Waals surface area contributed by atoms with Crippen molar-refractivity contribution < 1.29 is 4.79 Å². The minimum absolute atomic E-state index is 0.137. The van der Waals surface area contributed by atoms with Crippen LogP contribution in [0, 0.1) is 0 Å². The minimum Gasteiger partial charge on any atom is -0.343 e. The van der Waals surface area contributed by atoms with Crippen LogP contribution in [0.2, 0.25) is 0 Å². The first kappa shape index (κ1) is 28.8. The molecular formula is C25H40N6O. The zero-order valence-electron chi connectivity index (χ0n) is 21.1. The second-order valence-corrected chi connectivity index (χ2v) is 6.25. The van der Waals surface area contributed by atoms with E-state index in [0.717, 1.165) is 16.8 Å². The van der Waals surface area contributed by atoms with Gasteiger partial charge in [-0.25, -0.2) is 9.97 Å². The summed E-state index contributed by atoms with van der Waals surface area (Å²) in [6, 6.07) is 1.63. The van der Waals surface area contributed by atoms with Gasteiger partial charge in [0.1, 0.15) is 5.69 Å². The Morgan fingerprint density at radius 1 is 1.12 bits per heavy atom. The highest BCUT2D eigenvalue weighted by molar-refractivity contribution is 5.92. The number of aromatic nitrogens is 4. The average Bonchev–Trinajstić information content (AvgIpc) is 3.44. The van der Waals surface area contributed by atoms with E-state index < -0.39 is 0 Å². The van der Waals surface area contributed by atoms with E-state index in [2.05, 4.69) is 28.2 Å². The molecule has 2 aromatic rings. The number of nitrogens with zero attached hydrogens (tertiary/aromatic N) is 6. The molecule has 3 heterocycles. The van der Waals surface area contributed by atoms with Crippen LogP contribution < -0.4 is 4.90 Å². The van der Waals surface area contributed by atoms with Gasteiger partial charge in [-0.05, 0) is 11.6 Å². The third-order valence-electron chi connectivity index (χ3n) is 4.21. The van der Waals surface area contributed by atoms with Crippen molar-refractivity contribution in [2.75, 3.05) is 19.0 Å². The van der Waals surface area contributed by atoms with Crippen LogP contribution in [0.5, 0.6) is 0 Å². The van der Waals surface area contributed by atoms with Crippen molar-refractivity contribution in [2.24, 2.45) is 0 Å². The predicted octanol–water partition coefficient (Wildman–Crippen LogP) is 5.27. The number of amides is 1. The molecule has 3 rings (SSSR count). The molecule has 0 fully saturated rings. The van der Waals surface area contributed by atoms with E-state index in [1.54, 1.807) is 32.4 Å². The summed E-state index contributed by atoms with van der Waals surface area (Å²) >= 11 is 0. The molecule has 0 saturated carbocycles. The van der Waals surface area contributed by atoms with E-state index in [1.807, 2.05) is 69.5 Å². The Labute approximate surface area is 194 Å². The lowest BCUT2D eigenvalue weighted by Crippen LogP contribution is -2.25. The summed E-state index contributed by atoms with van der Waals surface area (Å²) in [6.07, 6.45) is 8.97. The van der Waals surface area contributed by atoms with Crippen LogP contribution in [-0.4, -0.2) is 44.7 Å². The first-order valence-corrected chi connectivity index (χ1v) is 11.3. The highest BCUT2D eigenvalue weighted by Crippen LogP contribution is 2.26. The maximum absolute atomic E-state index is 12.1. The SMILES string of the molecule is C=C/C=C(\C=C)Cn1ncc2c1CN(c1nccc(C(=O)N(C)C)n1)C2.CC.CC.CC. The lowest BCUT2D eigenvalue weighted by Gasteiger charge is -2.17.